The lowest BCUT2D eigenvalue weighted by molar-refractivity contribution is 0.159. The van der Waals surface area contributed by atoms with Gasteiger partial charge in [-0.2, -0.15) is 5.10 Å². The zero-order chi connectivity index (χ0) is 16.3. The van der Waals surface area contributed by atoms with Gasteiger partial charge in [0.25, 0.3) is 0 Å². The van der Waals surface area contributed by atoms with Gasteiger partial charge in [0.15, 0.2) is 0 Å². The first kappa shape index (κ1) is 16.2. The number of hydrogen-bond acceptors (Lipinski definition) is 3. The SMILES string of the molecule is Cc1n[nH]c(C)c1CCN(C)C[C@@]1(c2ccccc2)CCOC1. The van der Waals surface area contributed by atoms with Gasteiger partial charge in [-0.15, -0.1) is 0 Å². The number of benzene rings is 1. The van der Waals surface area contributed by atoms with Gasteiger partial charge in [0.05, 0.1) is 12.3 Å². The van der Waals surface area contributed by atoms with E-state index in [0.717, 1.165) is 44.8 Å². The average molecular weight is 313 g/mol. The molecule has 124 valence electrons. The van der Waals surface area contributed by atoms with Gasteiger partial charge < -0.3 is 9.64 Å². The maximum atomic E-state index is 5.76. The molecule has 3 rings (SSSR count). The lowest BCUT2D eigenvalue weighted by atomic mass is 9.79. The molecule has 2 heterocycles. The Morgan fingerprint density at radius 3 is 2.65 bits per heavy atom. The quantitative estimate of drug-likeness (QED) is 0.891. The summed E-state index contributed by atoms with van der Waals surface area (Å²) in [5.74, 6) is 0. The van der Waals surface area contributed by atoms with Crippen LogP contribution >= 0.6 is 0 Å². The van der Waals surface area contributed by atoms with Crippen molar-refractivity contribution in [1.29, 1.82) is 0 Å². The van der Waals surface area contributed by atoms with Gasteiger partial charge in [0, 0.05) is 30.8 Å². The molecule has 1 saturated heterocycles. The Hall–Kier alpha value is -1.65. The Bertz CT molecular complexity index is 610. The van der Waals surface area contributed by atoms with Crippen molar-refractivity contribution in [2.45, 2.75) is 32.1 Å². The first-order valence-corrected chi connectivity index (χ1v) is 8.43. The van der Waals surface area contributed by atoms with Crippen LogP contribution in [0.15, 0.2) is 30.3 Å². The molecule has 1 aliphatic heterocycles. The van der Waals surface area contributed by atoms with Crippen molar-refractivity contribution < 1.29 is 4.74 Å². The number of H-pyrrole nitrogens is 1. The second-order valence-corrected chi connectivity index (χ2v) is 6.85. The van der Waals surface area contributed by atoms with Crippen LogP contribution in [0.1, 0.15) is 28.9 Å². The highest BCUT2D eigenvalue weighted by atomic mass is 16.5. The molecule has 4 heteroatoms. The maximum absolute atomic E-state index is 5.76. The summed E-state index contributed by atoms with van der Waals surface area (Å²) < 4.78 is 5.76. The summed E-state index contributed by atoms with van der Waals surface area (Å²) in [6, 6.07) is 10.8. The van der Waals surface area contributed by atoms with E-state index in [1.165, 1.54) is 16.8 Å². The average Bonchev–Trinajstić information content (AvgIpc) is 3.15. The molecule has 0 amide bonds. The summed E-state index contributed by atoms with van der Waals surface area (Å²) in [4.78, 5) is 2.44. The van der Waals surface area contributed by atoms with Crippen molar-refractivity contribution in [3.05, 3.63) is 52.8 Å². The number of likely N-dealkylation sites (N-methyl/N-ethyl adjacent to an activating group) is 1. The van der Waals surface area contributed by atoms with Crippen molar-refractivity contribution in [1.82, 2.24) is 15.1 Å². The van der Waals surface area contributed by atoms with Crippen molar-refractivity contribution in [2.75, 3.05) is 33.4 Å². The topological polar surface area (TPSA) is 41.2 Å². The molecule has 1 aromatic carbocycles. The summed E-state index contributed by atoms with van der Waals surface area (Å²) in [5, 5.41) is 7.37. The molecule has 23 heavy (non-hydrogen) atoms. The fourth-order valence-electron chi connectivity index (χ4n) is 3.68. The van der Waals surface area contributed by atoms with E-state index in [9.17, 15) is 0 Å². The van der Waals surface area contributed by atoms with E-state index in [1.807, 2.05) is 0 Å². The van der Waals surface area contributed by atoms with E-state index in [0.29, 0.717) is 0 Å². The lowest BCUT2D eigenvalue weighted by Crippen LogP contribution is -2.40. The second kappa shape index (κ2) is 6.85. The smallest absolute Gasteiger partial charge is 0.0626 e. The normalized spacial score (nSPS) is 21.2. The predicted molar refractivity (Wildman–Crippen MR) is 92.8 cm³/mol. The van der Waals surface area contributed by atoms with Crippen LogP contribution in [-0.4, -0.2) is 48.4 Å². The standard InChI is InChI=1S/C19H27N3O/c1-15-18(16(2)21-20-15)9-11-22(3)13-19(10-12-23-14-19)17-7-5-4-6-8-17/h4-8H,9-14H2,1-3H3,(H,20,21)/t19-/m0/s1. The third-order valence-corrected chi connectivity index (χ3v) is 5.09. The van der Waals surface area contributed by atoms with Crippen LogP contribution in [0.25, 0.3) is 0 Å². The van der Waals surface area contributed by atoms with Crippen molar-refractivity contribution >= 4 is 0 Å². The third kappa shape index (κ3) is 3.48. The molecule has 1 N–H and O–H groups in total. The Balaban J connectivity index is 1.66. The molecule has 0 bridgehead atoms. The van der Waals surface area contributed by atoms with Gasteiger partial charge in [0.2, 0.25) is 0 Å². The van der Waals surface area contributed by atoms with Crippen molar-refractivity contribution in [3.63, 3.8) is 0 Å². The Morgan fingerprint density at radius 2 is 2.04 bits per heavy atom. The molecule has 1 fully saturated rings. The Kier molecular flexibility index (Phi) is 4.83. The molecule has 1 aliphatic rings. The van der Waals surface area contributed by atoms with Gasteiger partial charge in [-0.1, -0.05) is 30.3 Å². The minimum atomic E-state index is 0.135. The number of nitrogens with one attached hydrogen (secondary N) is 1. The highest BCUT2D eigenvalue weighted by Crippen LogP contribution is 2.33. The molecule has 0 unspecified atom stereocenters. The van der Waals surface area contributed by atoms with Crippen LogP contribution in [0.5, 0.6) is 0 Å². The predicted octanol–water partition coefficient (Wildman–Crippen LogP) is 2.86. The number of ether oxygens (including phenoxy) is 1. The maximum Gasteiger partial charge on any atom is 0.0626 e. The highest BCUT2D eigenvalue weighted by molar-refractivity contribution is 5.27. The molecule has 2 aromatic rings. The van der Waals surface area contributed by atoms with Gasteiger partial charge in [-0.25, -0.2) is 0 Å². The summed E-state index contributed by atoms with van der Waals surface area (Å²) >= 11 is 0. The molecule has 0 radical (unpaired) electrons. The number of aromatic nitrogens is 2. The minimum absolute atomic E-state index is 0.135. The Labute approximate surface area is 138 Å². The molecule has 0 saturated carbocycles. The van der Waals surface area contributed by atoms with Crippen molar-refractivity contribution in [2.24, 2.45) is 0 Å². The largest absolute Gasteiger partial charge is 0.380 e. The number of rotatable bonds is 6. The van der Waals surface area contributed by atoms with Crippen LogP contribution in [0.3, 0.4) is 0 Å². The summed E-state index contributed by atoms with van der Waals surface area (Å²) in [7, 11) is 2.22. The van der Waals surface area contributed by atoms with Gasteiger partial charge in [-0.3, -0.25) is 5.10 Å². The molecular weight excluding hydrogens is 286 g/mol. The Morgan fingerprint density at radius 1 is 1.26 bits per heavy atom. The molecule has 0 aliphatic carbocycles. The number of aromatic amines is 1. The van der Waals surface area contributed by atoms with E-state index >= 15 is 0 Å². The van der Waals surface area contributed by atoms with Crippen molar-refractivity contribution in [3.8, 4) is 0 Å². The minimum Gasteiger partial charge on any atom is -0.380 e. The summed E-state index contributed by atoms with van der Waals surface area (Å²) in [5.41, 5.74) is 5.21. The first-order valence-electron chi connectivity index (χ1n) is 8.43. The third-order valence-electron chi connectivity index (χ3n) is 5.09. The van der Waals surface area contributed by atoms with Gasteiger partial charge in [-0.05, 0) is 44.9 Å². The molecule has 4 nitrogen and oxygen atoms in total. The zero-order valence-corrected chi connectivity index (χ0v) is 14.4. The summed E-state index contributed by atoms with van der Waals surface area (Å²) in [6.07, 6.45) is 2.14. The number of aryl methyl sites for hydroxylation is 2. The van der Waals surface area contributed by atoms with E-state index in [4.69, 9.17) is 4.74 Å². The first-order chi connectivity index (χ1) is 11.1. The fourth-order valence-corrected chi connectivity index (χ4v) is 3.68. The van der Waals surface area contributed by atoms with Gasteiger partial charge >= 0.3 is 0 Å². The number of hydrogen-bond donors (Lipinski definition) is 1. The van der Waals surface area contributed by atoms with Crippen LogP contribution in [0.4, 0.5) is 0 Å². The van der Waals surface area contributed by atoms with E-state index in [2.05, 4.69) is 66.3 Å². The van der Waals surface area contributed by atoms with E-state index in [1.54, 1.807) is 0 Å². The van der Waals surface area contributed by atoms with Crippen LogP contribution in [0.2, 0.25) is 0 Å². The van der Waals surface area contributed by atoms with Gasteiger partial charge in [0.1, 0.15) is 0 Å². The van der Waals surface area contributed by atoms with Crippen LogP contribution < -0.4 is 0 Å². The highest BCUT2D eigenvalue weighted by Gasteiger charge is 2.37. The van der Waals surface area contributed by atoms with E-state index in [-0.39, 0.29) is 5.41 Å². The molecule has 1 atom stereocenters. The number of nitrogens with zero attached hydrogens (tertiary/aromatic N) is 2. The summed E-state index contributed by atoms with van der Waals surface area (Å²) in [6.45, 7) is 7.94. The molecule has 1 aromatic heterocycles. The molecule has 0 spiro atoms. The zero-order valence-electron chi connectivity index (χ0n) is 14.4. The van der Waals surface area contributed by atoms with Crippen LogP contribution in [-0.2, 0) is 16.6 Å². The fraction of sp³-hybridized carbons (Fsp3) is 0.526. The second-order valence-electron chi connectivity index (χ2n) is 6.85. The lowest BCUT2D eigenvalue weighted by Gasteiger charge is -2.33. The van der Waals surface area contributed by atoms with E-state index < -0.39 is 0 Å². The van der Waals surface area contributed by atoms with Crippen LogP contribution in [0, 0.1) is 13.8 Å². The molecular formula is C19H27N3O. The monoisotopic (exact) mass is 313 g/mol.